The molecule has 0 aliphatic carbocycles. The number of unbranched alkanes of at least 4 members (excludes halogenated alkanes) is 7. The van der Waals surface area contributed by atoms with Crippen LogP contribution in [-0.4, -0.2) is 11.9 Å². The predicted octanol–water partition coefficient (Wildman–Crippen LogP) is 6.73. The Bertz CT molecular complexity index is 329. The zero-order valence-electron chi connectivity index (χ0n) is 14.9. The molecule has 0 aromatic heterocycles. The van der Waals surface area contributed by atoms with Gasteiger partial charge in [0.1, 0.15) is 0 Å². The van der Waals surface area contributed by atoms with Crippen LogP contribution in [0.5, 0.6) is 0 Å². The predicted molar refractivity (Wildman–Crippen MR) is 102 cm³/mol. The summed E-state index contributed by atoms with van der Waals surface area (Å²) in [7, 11) is 0. The number of nitrogens with zero attached hydrogens (tertiary/aromatic N) is 2. The van der Waals surface area contributed by atoms with Gasteiger partial charge in [-0.25, -0.2) is 0 Å². The summed E-state index contributed by atoms with van der Waals surface area (Å²) in [5.41, 5.74) is 1.05. The van der Waals surface area contributed by atoms with Gasteiger partial charge < -0.3 is 0 Å². The molecule has 0 rings (SSSR count). The molecule has 1 atom stereocenters. The molecule has 0 fully saturated rings. The molecular formula is C20H36N2. The Morgan fingerprint density at radius 3 is 1.91 bits per heavy atom. The lowest BCUT2D eigenvalue weighted by Gasteiger charge is -2.16. The van der Waals surface area contributed by atoms with Gasteiger partial charge in [-0.05, 0) is 25.0 Å². The average molecular weight is 305 g/mol. The molecule has 0 spiro atoms. The first-order valence-electron chi connectivity index (χ1n) is 9.14. The summed E-state index contributed by atoms with van der Waals surface area (Å²) in [6.45, 7) is 12.1. The number of hydrogen-bond acceptors (Lipinski definition) is 2. The van der Waals surface area contributed by atoms with Crippen molar-refractivity contribution >= 4 is 11.9 Å². The molecular weight excluding hydrogens is 268 g/mol. The Balaban J connectivity index is 4.45. The first-order chi connectivity index (χ1) is 10.8. The molecule has 0 amide bonds. The highest BCUT2D eigenvalue weighted by Gasteiger charge is 2.13. The third-order valence-corrected chi connectivity index (χ3v) is 4.03. The zero-order valence-corrected chi connectivity index (χ0v) is 14.9. The number of allylic oxidation sites excluding steroid dienone is 2. The van der Waals surface area contributed by atoms with Gasteiger partial charge in [0.25, 0.3) is 0 Å². The van der Waals surface area contributed by atoms with E-state index in [2.05, 4.69) is 37.2 Å². The van der Waals surface area contributed by atoms with Crippen LogP contribution in [0, 0.1) is 5.92 Å². The van der Waals surface area contributed by atoms with E-state index in [1.54, 1.807) is 12.3 Å². The summed E-state index contributed by atoms with van der Waals surface area (Å²) < 4.78 is 0. The molecule has 0 aliphatic rings. The Morgan fingerprint density at radius 1 is 0.864 bits per heavy atom. The van der Waals surface area contributed by atoms with Gasteiger partial charge >= 0.3 is 0 Å². The van der Waals surface area contributed by atoms with Crippen molar-refractivity contribution in [3.8, 4) is 0 Å². The van der Waals surface area contributed by atoms with Crippen LogP contribution in [0.2, 0.25) is 0 Å². The minimum absolute atomic E-state index is 0.512. The smallest absolute Gasteiger partial charge is 0.0655 e. The second-order valence-electron chi connectivity index (χ2n) is 5.98. The van der Waals surface area contributed by atoms with Crippen molar-refractivity contribution in [2.75, 3.05) is 0 Å². The average Bonchev–Trinajstić information content (AvgIpc) is 2.54. The molecule has 0 radical (unpaired) electrons. The topological polar surface area (TPSA) is 24.7 Å². The molecule has 0 aromatic rings. The van der Waals surface area contributed by atoms with Crippen molar-refractivity contribution in [2.24, 2.45) is 16.1 Å². The van der Waals surface area contributed by atoms with E-state index in [0.29, 0.717) is 5.92 Å². The summed E-state index contributed by atoms with van der Waals surface area (Å²) in [4.78, 5) is 0. The zero-order chi connectivity index (χ0) is 16.5. The minimum atomic E-state index is 0.512. The van der Waals surface area contributed by atoms with Gasteiger partial charge in [-0.1, -0.05) is 84.8 Å². The van der Waals surface area contributed by atoms with Crippen molar-refractivity contribution in [1.82, 2.24) is 0 Å². The highest BCUT2D eigenvalue weighted by molar-refractivity contribution is 5.96. The standard InChI is InChI=1S/C20H36N2/c1-5-9-11-13-15-17-19(16-14-12-10-6-2)20(8-4)22-21-18-7-3/h7-8,18-19H,3-6,9-17H2,1-2H3/b21-18-,22-20+. The van der Waals surface area contributed by atoms with Crippen LogP contribution in [0.15, 0.2) is 35.5 Å². The first kappa shape index (κ1) is 20.8. The van der Waals surface area contributed by atoms with E-state index in [1.165, 1.54) is 70.6 Å². The lowest BCUT2D eigenvalue weighted by molar-refractivity contribution is 0.491. The second kappa shape index (κ2) is 16.2. The quantitative estimate of drug-likeness (QED) is 0.182. The van der Waals surface area contributed by atoms with Crippen molar-refractivity contribution in [1.29, 1.82) is 0 Å². The van der Waals surface area contributed by atoms with Gasteiger partial charge in [-0.3, -0.25) is 0 Å². The summed E-state index contributed by atoms with van der Waals surface area (Å²) in [5, 5.41) is 8.40. The van der Waals surface area contributed by atoms with Gasteiger partial charge in [0.15, 0.2) is 0 Å². The molecule has 126 valence electrons. The van der Waals surface area contributed by atoms with E-state index >= 15 is 0 Å². The van der Waals surface area contributed by atoms with E-state index < -0.39 is 0 Å². The molecule has 0 saturated heterocycles. The highest BCUT2D eigenvalue weighted by Crippen LogP contribution is 2.21. The van der Waals surface area contributed by atoms with E-state index in [0.717, 1.165) is 5.71 Å². The van der Waals surface area contributed by atoms with Gasteiger partial charge in [0.2, 0.25) is 0 Å². The summed E-state index contributed by atoms with van der Waals surface area (Å²) in [6.07, 6.45) is 19.5. The maximum atomic E-state index is 4.34. The van der Waals surface area contributed by atoms with Gasteiger partial charge in [0.05, 0.1) is 5.71 Å². The fourth-order valence-corrected chi connectivity index (χ4v) is 2.69. The molecule has 0 bridgehead atoms. The van der Waals surface area contributed by atoms with E-state index in [9.17, 15) is 0 Å². The fourth-order valence-electron chi connectivity index (χ4n) is 2.69. The molecule has 2 heteroatoms. The summed E-state index contributed by atoms with van der Waals surface area (Å²) in [5.74, 6) is 0.512. The van der Waals surface area contributed by atoms with E-state index in [-0.39, 0.29) is 0 Å². The molecule has 0 N–H and O–H groups in total. The van der Waals surface area contributed by atoms with Crippen LogP contribution in [0.4, 0.5) is 0 Å². The Labute approximate surface area is 138 Å². The lowest BCUT2D eigenvalue weighted by atomic mass is 9.90. The third kappa shape index (κ3) is 11.5. The maximum absolute atomic E-state index is 4.34. The van der Waals surface area contributed by atoms with Gasteiger partial charge in [0, 0.05) is 12.1 Å². The third-order valence-electron chi connectivity index (χ3n) is 4.03. The number of rotatable bonds is 15. The Kier molecular flexibility index (Phi) is 15.3. The van der Waals surface area contributed by atoms with Crippen molar-refractivity contribution in [2.45, 2.75) is 84.5 Å². The molecule has 0 saturated carbocycles. The van der Waals surface area contributed by atoms with Crippen molar-refractivity contribution < 1.29 is 0 Å². The van der Waals surface area contributed by atoms with Crippen LogP contribution in [0.25, 0.3) is 0 Å². The monoisotopic (exact) mass is 304 g/mol. The molecule has 0 heterocycles. The van der Waals surface area contributed by atoms with Crippen molar-refractivity contribution in [3.05, 3.63) is 25.3 Å². The number of hydrogen-bond donors (Lipinski definition) is 0. The van der Waals surface area contributed by atoms with E-state index in [1.807, 2.05) is 6.08 Å². The second-order valence-corrected chi connectivity index (χ2v) is 5.98. The first-order valence-corrected chi connectivity index (χ1v) is 9.14. The largest absolute Gasteiger partial charge is 0.159 e. The molecule has 2 nitrogen and oxygen atoms in total. The SMILES string of the molecule is C=C/C=N\N=C(/C=C)C(CCCCCC)CCCCCCC. The van der Waals surface area contributed by atoms with Crippen LogP contribution in [0.3, 0.4) is 0 Å². The van der Waals surface area contributed by atoms with Crippen molar-refractivity contribution in [3.63, 3.8) is 0 Å². The molecule has 0 aliphatic heterocycles. The Morgan fingerprint density at radius 2 is 1.41 bits per heavy atom. The van der Waals surface area contributed by atoms with Crippen LogP contribution < -0.4 is 0 Å². The molecule has 22 heavy (non-hydrogen) atoms. The fraction of sp³-hybridized carbons (Fsp3) is 0.700. The van der Waals surface area contributed by atoms with Gasteiger partial charge in [-0.2, -0.15) is 10.2 Å². The molecule has 0 aromatic carbocycles. The van der Waals surface area contributed by atoms with Crippen LogP contribution >= 0.6 is 0 Å². The molecule has 1 unspecified atom stereocenters. The maximum Gasteiger partial charge on any atom is 0.0655 e. The Hall–Kier alpha value is -1.18. The van der Waals surface area contributed by atoms with E-state index in [4.69, 9.17) is 0 Å². The van der Waals surface area contributed by atoms with Crippen LogP contribution in [-0.2, 0) is 0 Å². The minimum Gasteiger partial charge on any atom is -0.159 e. The highest BCUT2D eigenvalue weighted by atomic mass is 15.2. The van der Waals surface area contributed by atoms with Crippen LogP contribution in [0.1, 0.15) is 84.5 Å². The normalized spacial score (nSPS) is 13.5. The van der Waals surface area contributed by atoms with Gasteiger partial charge in [-0.15, -0.1) is 0 Å². The lowest BCUT2D eigenvalue weighted by Crippen LogP contribution is -2.12. The summed E-state index contributed by atoms with van der Waals surface area (Å²) in [6, 6.07) is 0. The summed E-state index contributed by atoms with van der Waals surface area (Å²) >= 11 is 0.